The first kappa shape index (κ1) is 10.6. The van der Waals surface area contributed by atoms with E-state index in [9.17, 15) is 0 Å². The van der Waals surface area contributed by atoms with Gasteiger partial charge < -0.3 is 10.0 Å². The van der Waals surface area contributed by atoms with Gasteiger partial charge in [0.25, 0.3) is 0 Å². The summed E-state index contributed by atoms with van der Waals surface area (Å²) in [6.07, 6.45) is 0.743. The van der Waals surface area contributed by atoms with Gasteiger partial charge in [-0.25, -0.2) is 0 Å². The quantitative estimate of drug-likeness (QED) is 0.780. The molecule has 3 nitrogen and oxygen atoms in total. The Balaban J connectivity index is 2.70. The van der Waals surface area contributed by atoms with Crippen molar-refractivity contribution in [2.45, 2.75) is 6.42 Å². The Bertz CT molecular complexity index is 330. The van der Waals surface area contributed by atoms with E-state index in [1.165, 1.54) is 0 Å². The lowest BCUT2D eigenvalue weighted by Crippen LogP contribution is -2.19. The van der Waals surface area contributed by atoms with Gasteiger partial charge in [-0.3, -0.25) is 0 Å². The molecule has 0 heterocycles. The molecule has 0 atom stereocenters. The van der Waals surface area contributed by atoms with E-state index in [0.717, 1.165) is 18.7 Å². The van der Waals surface area contributed by atoms with E-state index in [1.807, 2.05) is 30.1 Å². The van der Waals surface area contributed by atoms with Crippen molar-refractivity contribution in [2.24, 2.45) is 0 Å². The van der Waals surface area contributed by atoms with Gasteiger partial charge in [-0.2, -0.15) is 5.26 Å². The lowest BCUT2D eigenvalue weighted by atomic mass is 10.2. The van der Waals surface area contributed by atoms with Gasteiger partial charge in [0.15, 0.2) is 0 Å². The Labute approximate surface area is 84.2 Å². The summed E-state index contributed by atoms with van der Waals surface area (Å²) < 4.78 is 0. The molecule has 14 heavy (non-hydrogen) atoms. The van der Waals surface area contributed by atoms with Crippen molar-refractivity contribution in [2.75, 3.05) is 25.1 Å². The zero-order chi connectivity index (χ0) is 10.4. The highest BCUT2D eigenvalue weighted by Gasteiger charge is 2.00. The molecule has 1 aromatic carbocycles. The molecule has 1 rings (SSSR count). The number of nitrogens with zero attached hydrogens (tertiary/aromatic N) is 2. The first-order chi connectivity index (χ1) is 6.77. The van der Waals surface area contributed by atoms with Crippen molar-refractivity contribution in [3.05, 3.63) is 29.8 Å². The Morgan fingerprint density at radius 1 is 1.50 bits per heavy atom. The van der Waals surface area contributed by atoms with E-state index in [0.29, 0.717) is 5.56 Å². The molecule has 0 bridgehead atoms. The van der Waals surface area contributed by atoms with Crippen molar-refractivity contribution in [1.82, 2.24) is 0 Å². The molecule has 0 saturated heterocycles. The Kier molecular flexibility index (Phi) is 3.96. The monoisotopic (exact) mass is 190 g/mol. The van der Waals surface area contributed by atoms with E-state index in [1.54, 1.807) is 6.07 Å². The fourth-order valence-electron chi connectivity index (χ4n) is 1.25. The predicted molar refractivity (Wildman–Crippen MR) is 56.1 cm³/mol. The second kappa shape index (κ2) is 5.25. The summed E-state index contributed by atoms with van der Waals surface area (Å²) in [7, 11) is 1.95. The third kappa shape index (κ3) is 2.75. The van der Waals surface area contributed by atoms with Crippen LogP contribution in [0.1, 0.15) is 12.0 Å². The molecule has 0 aliphatic carbocycles. The zero-order valence-electron chi connectivity index (χ0n) is 8.27. The first-order valence-electron chi connectivity index (χ1n) is 4.60. The molecule has 0 aliphatic rings. The van der Waals surface area contributed by atoms with Crippen LogP contribution in [-0.2, 0) is 0 Å². The first-order valence-corrected chi connectivity index (χ1v) is 4.60. The van der Waals surface area contributed by atoms with Crippen LogP contribution in [-0.4, -0.2) is 25.3 Å². The highest BCUT2D eigenvalue weighted by atomic mass is 16.3. The molecular weight excluding hydrogens is 176 g/mol. The number of nitriles is 1. The molecule has 0 radical (unpaired) electrons. The smallest absolute Gasteiger partial charge is 0.0992 e. The lowest BCUT2D eigenvalue weighted by molar-refractivity contribution is 0.290. The van der Waals surface area contributed by atoms with E-state index in [-0.39, 0.29) is 6.61 Å². The minimum absolute atomic E-state index is 0.197. The van der Waals surface area contributed by atoms with Gasteiger partial charge in [0.05, 0.1) is 11.6 Å². The highest BCUT2D eigenvalue weighted by molar-refractivity contribution is 5.50. The second-order valence-corrected chi connectivity index (χ2v) is 3.16. The maximum Gasteiger partial charge on any atom is 0.0992 e. The van der Waals surface area contributed by atoms with Crippen molar-refractivity contribution in [1.29, 1.82) is 5.26 Å². The molecule has 0 aliphatic heterocycles. The van der Waals surface area contributed by atoms with Crippen molar-refractivity contribution in [3.8, 4) is 6.07 Å². The molecule has 3 heteroatoms. The average Bonchev–Trinajstić information content (AvgIpc) is 2.26. The normalized spacial score (nSPS) is 9.50. The lowest BCUT2D eigenvalue weighted by Gasteiger charge is -2.18. The van der Waals surface area contributed by atoms with Crippen LogP contribution < -0.4 is 4.90 Å². The van der Waals surface area contributed by atoms with Gasteiger partial charge in [-0.05, 0) is 24.6 Å². The van der Waals surface area contributed by atoms with Gasteiger partial charge in [0.1, 0.15) is 0 Å². The minimum atomic E-state index is 0.197. The SMILES string of the molecule is CN(CCCO)c1cccc(C#N)c1. The molecule has 1 aromatic rings. The number of anilines is 1. The third-order valence-electron chi connectivity index (χ3n) is 2.07. The number of aliphatic hydroxyl groups is 1. The van der Waals surface area contributed by atoms with Crippen LogP contribution in [0, 0.1) is 11.3 Å². The zero-order valence-corrected chi connectivity index (χ0v) is 8.27. The van der Waals surface area contributed by atoms with Crippen LogP contribution in [0.4, 0.5) is 5.69 Å². The van der Waals surface area contributed by atoms with E-state index in [4.69, 9.17) is 10.4 Å². The summed E-state index contributed by atoms with van der Waals surface area (Å²) in [5.41, 5.74) is 1.68. The van der Waals surface area contributed by atoms with E-state index < -0.39 is 0 Å². The standard InChI is InChI=1S/C11H14N2O/c1-13(6-3-7-14)11-5-2-4-10(8-11)9-12/h2,4-5,8,14H,3,6-7H2,1H3. The van der Waals surface area contributed by atoms with Crippen LogP contribution in [0.5, 0.6) is 0 Å². The van der Waals surface area contributed by atoms with Gasteiger partial charge in [-0.1, -0.05) is 6.07 Å². The number of rotatable bonds is 4. The van der Waals surface area contributed by atoms with Crippen LogP contribution in [0.3, 0.4) is 0 Å². The van der Waals surface area contributed by atoms with Crippen LogP contribution in [0.25, 0.3) is 0 Å². The molecule has 0 saturated carbocycles. The van der Waals surface area contributed by atoms with Gasteiger partial charge in [0, 0.05) is 25.9 Å². The van der Waals surface area contributed by atoms with Crippen molar-refractivity contribution >= 4 is 5.69 Å². The number of hydrogen-bond acceptors (Lipinski definition) is 3. The molecule has 0 fully saturated rings. The Morgan fingerprint density at radius 3 is 2.93 bits per heavy atom. The minimum Gasteiger partial charge on any atom is -0.396 e. The van der Waals surface area contributed by atoms with Gasteiger partial charge in [0.2, 0.25) is 0 Å². The summed E-state index contributed by atoms with van der Waals surface area (Å²) in [5.74, 6) is 0. The van der Waals surface area contributed by atoms with E-state index >= 15 is 0 Å². The molecule has 0 spiro atoms. The third-order valence-corrected chi connectivity index (χ3v) is 2.07. The second-order valence-electron chi connectivity index (χ2n) is 3.16. The highest BCUT2D eigenvalue weighted by Crippen LogP contribution is 2.14. The van der Waals surface area contributed by atoms with Crippen LogP contribution in [0.15, 0.2) is 24.3 Å². The fourth-order valence-corrected chi connectivity index (χ4v) is 1.25. The summed E-state index contributed by atoms with van der Waals surface area (Å²) in [4.78, 5) is 2.02. The van der Waals surface area contributed by atoms with E-state index in [2.05, 4.69) is 6.07 Å². The summed E-state index contributed by atoms with van der Waals surface area (Å²) in [6, 6.07) is 9.55. The molecule has 0 aromatic heterocycles. The summed E-state index contributed by atoms with van der Waals surface area (Å²) in [5, 5.41) is 17.4. The summed E-state index contributed by atoms with van der Waals surface area (Å²) >= 11 is 0. The molecule has 0 amide bonds. The summed E-state index contributed by atoms with van der Waals surface area (Å²) in [6.45, 7) is 0.994. The van der Waals surface area contributed by atoms with Gasteiger partial charge in [-0.15, -0.1) is 0 Å². The number of hydrogen-bond donors (Lipinski definition) is 1. The van der Waals surface area contributed by atoms with Crippen LogP contribution in [0.2, 0.25) is 0 Å². The maximum absolute atomic E-state index is 8.71. The number of aliphatic hydroxyl groups excluding tert-OH is 1. The molecule has 0 unspecified atom stereocenters. The molecule has 74 valence electrons. The largest absolute Gasteiger partial charge is 0.396 e. The van der Waals surface area contributed by atoms with Crippen molar-refractivity contribution < 1.29 is 5.11 Å². The van der Waals surface area contributed by atoms with Crippen molar-refractivity contribution in [3.63, 3.8) is 0 Å². The maximum atomic E-state index is 8.71. The fraction of sp³-hybridized carbons (Fsp3) is 0.364. The Morgan fingerprint density at radius 2 is 2.29 bits per heavy atom. The van der Waals surface area contributed by atoms with Crippen LogP contribution >= 0.6 is 0 Å². The topological polar surface area (TPSA) is 47.3 Å². The average molecular weight is 190 g/mol. The molecule has 1 N–H and O–H groups in total. The Hall–Kier alpha value is -1.53. The molecular formula is C11H14N2O. The predicted octanol–water partition coefficient (Wildman–Crippen LogP) is 1.38. The van der Waals surface area contributed by atoms with Gasteiger partial charge >= 0.3 is 0 Å². The number of benzene rings is 1.